The first-order chi connectivity index (χ1) is 8.06. The van der Waals surface area contributed by atoms with Gasteiger partial charge in [0, 0.05) is 26.8 Å². The van der Waals surface area contributed by atoms with Crippen molar-refractivity contribution in [3.05, 3.63) is 23.6 Å². The van der Waals surface area contributed by atoms with Crippen LogP contribution >= 0.6 is 0 Å². The molecule has 0 aromatic carbocycles. The molecule has 0 saturated carbocycles. The molecule has 0 spiro atoms. The van der Waals surface area contributed by atoms with Crippen molar-refractivity contribution in [2.24, 2.45) is 0 Å². The van der Waals surface area contributed by atoms with Gasteiger partial charge in [-0.25, -0.2) is 14.4 Å². The summed E-state index contributed by atoms with van der Waals surface area (Å²) in [5.41, 5.74) is 2.46. The van der Waals surface area contributed by atoms with Crippen molar-refractivity contribution in [1.29, 1.82) is 0 Å². The molecule has 0 saturated heterocycles. The molecule has 0 unspecified atom stereocenters. The first kappa shape index (κ1) is 13.4. The topological polar surface area (TPSA) is 57.3 Å². The molecule has 1 aromatic heterocycles. The molecule has 0 bridgehead atoms. The Morgan fingerprint density at radius 3 is 2.82 bits per heavy atom. The van der Waals surface area contributed by atoms with E-state index in [9.17, 15) is 9.18 Å². The Balaban J connectivity index is 2.89. The van der Waals surface area contributed by atoms with Gasteiger partial charge in [0.25, 0.3) is 5.91 Å². The van der Waals surface area contributed by atoms with Gasteiger partial charge in [0.2, 0.25) is 0 Å². The van der Waals surface area contributed by atoms with Crippen LogP contribution < -0.4 is 10.7 Å². The summed E-state index contributed by atoms with van der Waals surface area (Å²) in [6.07, 6.45) is 2.26. The van der Waals surface area contributed by atoms with E-state index in [4.69, 9.17) is 0 Å². The lowest BCUT2D eigenvalue weighted by Gasteiger charge is -2.13. The first-order valence-corrected chi connectivity index (χ1v) is 5.43. The fraction of sp³-hybridized carbons (Fsp3) is 0.455. The molecular weight excluding hydrogens is 223 g/mol. The Bertz CT molecular complexity index is 395. The molecule has 94 valence electrons. The summed E-state index contributed by atoms with van der Waals surface area (Å²) in [7, 11) is 3.32. The van der Waals surface area contributed by atoms with Gasteiger partial charge < -0.3 is 5.32 Å². The van der Waals surface area contributed by atoms with Gasteiger partial charge in [-0.3, -0.25) is 10.2 Å². The van der Waals surface area contributed by atoms with Crippen molar-refractivity contribution in [2.45, 2.75) is 13.3 Å². The molecule has 0 radical (unpaired) electrons. The lowest BCUT2D eigenvalue weighted by atomic mass is 10.2. The highest BCUT2D eigenvalue weighted by Gasteiger charge is 2.15. The van der Waals surface area contributed by atoms with Crippen molar-refractivity contribution in [1.82, 2.24) is 15.4 Å². The standard InChI is InChI=1S/C11H17FN4O/c1-4-6-13-10-9(12)8(5-7-14-10)11(17)15-16(2)3/h5,7H,4,6H2,1-3H3,(H,13,14)(H,15,17). The Hall–Kier alpha value is -1.69. The fourth-order valence-corrected chi connectivity index (χ4v) is 1.25. The highest BCUT2D eigenvalue weighted by Crippen LogP contribution is 2.14. The van der Waals surface area contributed by atoms with E-state index in [-0.39, 0.29) is 11.4 Å². The summed E-state index contributed by atoms with van der Waals surface area (Å²) in [6.45, 7) is 2.58. The van der Waals surface area contributed by atoms with E-state index in [0.717, 1.165) is 6.42 Å². The molecule has 1 heterocycles. The molecule has 6 heteroatoms. The predicted octanol–water partition coefficient (Wildman–Crippen LogP) is 1.25. The van der Waals surface area contributed by atoms with E-state index in [1.165, 1.54) is 17.3 Å². The van der Waals surface area contributed by atoms with E-state index in [1.54, 1.807) is 14.1 Å². The zero-order valence-corrected chi connectivity index (χ0v) is 10.2. The Kier molecular flexibility index (Phi) is 4.84. The largest absolute Gasteiger partial charge is 0.368 e. The third-order valence-corrected chi connectivity index (χ3v) is 2.00. The van der Waals surface area contributed by atoms with Crippen LogP contribution in [0.1, 0.15) is 23.7 Å². The third kappa shape index (κ3) is 3.67. The molecule has 2 N–H and O–H groups in total. The molecule has 0 aliphatic rings. The van der Waals surface area contributed by atoms with Crippen LogP contribution in [0, 0.1) is 5.82 Å². The zero-order valence-electron chi connectivity index (χ0n) is 10.2. The molecule has 0 fully saturated rings. The number of pyridine rings is 1. The van der Waals surface area contributed by atoms with E-state index in [1.807, 2.05) is 6.92 Å². The molecule has 1 amide bonds. The van der Waals surface area contributed by atoms with E-state index < -0.39 is 11.7 Å². The van der Waals surface area contributed by atoms with Crippen LogP contribution in [-0.2, 0) is 0 Å². The van der Waals surface area contributed by atoms with Crippen molar-refractivity contribution < 1.29 is 9.18 Å². The van der Waals surface area contributed by atoms with E-state index in [0.29, 0.717) is 6.54 Å². The Labute approximate surface area is 100.0 Å². The molecule has 5 nitrogen and oxygen atoms in total. The maximum Gasteiger partial charge on any atom is 0.268 e. The van der Waals surface area contributed by atoms with Crippen LogP contribution in [0.5, 0.6) is 0 Å². The summed E-state index contributed by atoms with van der Waals surface area (Å²) in [6, 6.07) is 1.35. The van der Waals surface area contributed by atoms with Gasteiger partial charge in [-0.1, -0.05) is 6.92 Å². The van der Waals surface area contributed by atoms with Crippen LogP contribution in [0.15, 0.2) is 12.3 Å². The number of hydrogen-bond acceptors (Lipinski definition) is 4. The minimum absolute atomic E-state index is 0.0210. The third-order valence-electron chi connectivity index (χ3n) is 2.00. The minimum Gasteiger partial charge on any atom is -0.368 e. The molecular formula is C11H17FN4O. The second-order valence-corrected chi connectivity index (χ2v) is 3.78. The van der Waals surface area contributed by atoms with Gasteiger partial charge in [-0.15, -0.1) is 0 Å². The quantitative estimate of drug-likeness (QED) is 0.760. The zero-order chi connectivity index (χ0) is 12.8. The maximum absolute atomic E-state index is 13.9. The van der Waals surface area contributed by atoms with Crippen LogP contribution in [0.4, 0.5) is 10.2 Å². The normalized spacial score (nSPS) is 10.4. The molecule has 1 rings (SSSR count). The predicted molar refractivity (Wildman–Crippen MR) is 64.1 cm³/mol. The number of amides is 1. The number of carbonyl (C=O) groups excluding carboxylic acids is 1. The molecule has 17 heavy (non-hydrogen) atoms. The number of aromatic nitrogens is 1. The maximum atomic E-state index is 13.9. The molecule has 0 aliphatic carbocycles. The molecule has 1 aromatic rings. The van der Waals surface area contributed by atoms with Crippen molar-refractivity contribution in [3.8, 4) is 0 Å². The fourth-order valence-electron chi connectivity index (χ4n) is 1.25. The second-order valence-electron chi connectivity index (χ2n) is 3.78. The van der Waals surface area contributed by atoms with E-state index in [2.05, 4.69) is 15.7 Å². The minimum atomic E-state index is -0.625. The number of halogens is 1. The highest BCUT2D eigenvalue weighted by atomic mass is 19.1. The molecule has 0 atom stereocenters. The van der Waals surface area contributed by atoms with Crippen molar-refractivity contribution in [3.63, 3.8) is 0 Å². The lowest BCUT2D eigenvalue weighted by Crippen LogP contribution is -2.36. The van der Waals surface area contributed by atoms with Gasteiger partial charge in [0.05, 0.1) is 5.56 Å². The van der Waals surface area contributed by atoms with Crippen LogP contribution in [-0.4, -0.2) is 36.5 Å². The highest BCUT2D eigenvalue weighted by molar-refractivity contribution is 5.94. The summed E-state index contributed by atoms with van der Waals surface area (Å²) < 4.78 is 13.9. The second kappa shape index (κ2) is 6.15. The average Bonchev–Trinajstić information content (AvgIpc) is 2.26. The number of nitrogens with one attached hydrogen (secondary N) is 2. The van der Waals surface area contributed by atoms with Gasteiger partial charge in [-0.2, -0.15) is 0 Å². The number of hydrazine groups is 1. The van der Waals surface area contributed by atoms with Crippen LogP contribution in [0.25, 0.3) is 0 Å². The monoisotopic (exact) mass is 240 g/mol. The van der Waals surface area contributed by atoms with Gasteiger partial charge >= 0.3 is 0 Å². The first-order valence-electron chi connectivity index (χ1n) is 5.43. The number of carbonyl (C=O) groups is 1. The summed E-state index contributed by atoms with van der Waals surface area (Å²) in [5, 5.41) is 4.29. The average molecular weight is 240 g/mol. The van der Waals surface area contributed by atoms with Crippen molar-refractivity contribution in [2.75, 3.05) is 26.0 Å². The number of rotatable bonds is 5. The summed E-state index contributed by atoms with van der Waals surface area (Å²) >= 11 is 0. The number of hydrogen-bond donors (Lipinski definition) is 2. The summed E-state index contributed by atoms with van der Waals surface area (Å²) in [4.78, 5) is 15.5. The van der Waals surface area contributed by atoms with Crippen molar-refractivity contribution >= 4 is 11.7 Å². The van der Waals surface area contributed by atoms with Crippen LogP contribution in [0.3, 0.4) is 0 Å². The Morgan fingerprint density at radius 1 is 1.53 bits per heavy atom. The van der Waals surface area contributed by atoms with Gasteiger partial charge in [-0.05, 0) is 12.5 Å². The lowest BCUT2D eigenvalue weighted by molar-refractivity contribution is 0.0852. The number of anilines is 1. The summed E-state index contributed by atoms with van der Waals surface area (Å²) in [5.74, 6) is -1.01. The Morgan fingerprint density at radius 2 is 2.24 bits per heavy atom. The van der Waals surface area contributed by atoms with Crippen LogP contribution in [0.2, 0.25) is 0 Å². The SMILES string of the molecule is CCCNc1nccc(C(=O)NN(C)C)c1F. The van der Waals surface area contributed by atoms with E-state index >= 15 is 0 Å². The van der Waals surface area contributed by atoms with Gasteiger partial charge in [0.15, 0.2) is 11.6 Å². The number of nitrogens with zero attached hydrogens (tertiary/aromatic N) is 2. The smallest absolute Gasteiger partial charge is 0.268 e. The van der Waals surface area contributed by atoms with Gasteiger partial charge in [0.1, 0.15) is 0 Å². The molecule has 0 aliphatic heterocycles.